The molecule has 0 radical (unpaired) electrons. The predicted octanol–water partition coefficient (Wildman–Crippen LogP) is 5.46. The van der Waals surface area contributed by atoms with Crippen LogP contribution in [-0.4, -0.2) is 14.8 Å². The maximum atomic E-state index is 4.51. The number of para-hydroxylation sites is 1. The second kappa shape index (κ2) is 8.23. The van der Waals surface area contributed by atoms with Crippen molar-refractivity contribution in [3.63, 3.8) is 0 Å². The van der Waals surface area contributed by atoms with Crippen LogP contribution in [-0.2, 0) is 12.2 Å². The third kappa shape index (κ3) is 4.29. The van der Waals surface area contributed by atoms with Gasteiger partial charge in [0.2, 0.25) is 0 Å². The van der Waals surface area contributed by atoms with Gasteiger partial charge in [0.05, 0.1) is 0 Å². The normalized spacial score (nSPS) is 10.9. The molecule has 0 saturated heterocycles. The summed E-state index contributed by atoms with van der Waals surface area (Å²) >= 11 is 1.72. The molecule has 0 spiro atoms. The molecule has 27 heavy (non-hydrogen) atoms. The van der Waals surface area contributed by atoms with E-state index in [2.05, 4.69) is 94.5 Å². The fourth-order valence-electron chi connectivity index (χ4n) is 3.07. The number of aromatic nitrogens is 3. The van der Waals surface area contributed by atoms with Crippen molar-refractivity contribution in [2.24, 2.45) is 0 Å². The van der Waals surface area contributed by atoms with Gasteiger partial charge in [0.25, 0.3) is 0 Å². The van der Waals surface area contributed by atoms with Gasteiger partial charge in [0.15, 0.2) is 5.16 Å². The molecular weight excluding hydrogens is 350 g/mol. The highest BCUT2D eigenvalue weighted by molar-refractivity contribution is 7.98. The lowest BCUT2D eigenvalue weighted by Gasteiger charge is -2.10. The van der Waals surface area contributed by atoms with Gasteiger partial charge in [0.1, 0.15) is 5.82 Å². The molecule has 0 atom stereocenters. The molecule has 134 valence electrons. The molecule has 3 nitrogen and oxygen atoms in total. The van der Waals surface area contributed by atoms with Crippen molar-refractivity contribution in [3.8, 4) is 5.69 Å². The second-order valence-electron chi connectivity index (χ2n) is 6.51. The number of aryl methyl sites for hydroxylation is 1. The Bertz CT molecular complexity index is 1010. The highest BCUT2D eigenvalue weighted by atomic mass is 32.2. The number of hydrogen-bond acceptors (Lipinski definition) is 3. The Labute approximate surface area is 164 Å². The lowest BCUT2D eigenvalue weighted by atomic mass is 10.1. The fourth-order valence-corrected chi connectivity index (χ4v) is 3.99. The zero-order valence-corrected chi connectivity index (χ0v) is 16.1. The van der Waals surface area contributed by atoms with Gasteiger partial charge in [-0.1, -0.05) is 90.1 Å². The zero-order chi connectivity index (χ0) is 18.5. The summed E-state index contributed by atoms with van der Waals surface area (Å²) in [6, 6.07) is 29.4. The van der Waals surface area contributed by atoms with Crippen molar-refractivity contribution < 1.29 is 0 Å². The molecular formula is C23H21N3S. The highest BCUT2D eigenvalue weighted by Crippen LogP contribution is 2.26. The highest BCUT2D eigenvalue weighted by Gasteiger charge is 2.15. The van der Waals surface area contributed by atoms with Gasteiger partial charge >= 0.3 is 0 Å². The summed E-state index contributed by atoms with van der Waals surface area (Å²) in [6.07, 6.45) is 0.758. The maximum Gasteiger partial charge on any atom is 0.196 e. The van der Waals surface area contributed by atoms with Gasteiger partial charge in [-0.2, -0.15) is 0 Å². The van der Waals surface area contributed by atoms with Crippen LogP contribution in [0.3, 0.4) is 0 Å². The monoisotopic (exact) mass is 371 g/mol. The Morgan fingerprint density at radius 2 is 1.48 bits per heavy atom. The van der Waals surface area contributed by atoms with Crippen LogP contribution in [0.5, 0.6) is 0 Å². The summed E-state index contributed by atoms with van der Waals surface area (Å²) in [5.74, 6) is 1.83. The van der Waals surface area contributed by atoms with E-state index in [4.69, 9.17) is 0 Å². The first-order valence-electron chi connectivity index (χ1n) is 9.01. The molecule has 0 amide bonds. The van der Waals surface area contributed by atoms with Crippen LogP contribution in [0.2, 0.25) is 0 Å². The number of rotatable bonds is 6. The molecule has 4 aromatic rings. The van der Waals surface area contributed by atoms with Gasteiger partial charge in [0, 0.05) is 17.9 Å². The number of thioether (sulfide) groups is 1. The van der Waals surface area contributed by atoms with Crippen LogP contribution in [0.4, 0.5) is 0 Å². The standard InChI is InChI=1S/C23H21N3S/c1-18-9-8-12-20(15-18)17-27-23-25-24-22(16-19-10-4-2-5-11-19)26(23)21-13-6-3-7-14-21/h2-15H,16-17H2,1H3. The Morgan fingerprint density at radius 1 is 0.778 bits per heavy atom. The molecule has 0 N–H and O–H groups in total. The van der Waals surface area contributed by atoms with E-state index in [-0.39, 0.29) is 0 Å². The van der Waals surface area contributed by atoms with Gasteiger partial charge in [-0.15, -0.1) is 10.2 Å². The number of hydrogen-bond donors (Lipinski definition) is 0. The molecule has 0 aliphatic rings. The van der Waals surface area contributed by atoms with E-state index in [1.54, 1.807) is 11.8 Å². The first-order valence-corrected chi connectivity index (χ1v) is 10.00. The van der Waals surface area contributed by atoms with E-state index in [1.165, 1.54) is 16.7 Å². The first-order chi connectivity index (χ1) is 13.3. The van der Waals surface area contributed by atoms with Crippen molar-refractivity contribution in [1.82, 2.24) is 14.8 Å². The summed E-state index contributed by atoms with van der Waals surface area (Å²) in [5.41, 5.74) is 4.91. The second-order valence-corrected chi connectivity index (χ2v) is 7.45. The van der Waals surface area contributed by atoms with Crippen LogP contribution in [0, 0.1) is 6.92 Å². The molecule has 0 aliphatic heterocycles. The summed E-state index contributed by atoms with van der Waals surface area (Å²) in [6.45, 7) is 2.12. The van der Waals surface area contributed by atoms with Crippen LogP contribution in [0.25, 0.3) is 5.69 Å². The first kappa shape index (κ1) is 17.6. The third-order valence-electron chi connectivity index (χ3n) is 4.37. The van der Waals surface area contributed by atoms with Gasteiger partial charge in [-0.3, -0.25) is 4.57 Å². The van der Waals surface area contributed by atoms with E-state index in [9.17, 15) is 0 Å². The summed E-state index contributed by atoms with van der Waals surface area (Å²) in [4.78, 5) is 0. The average Bonchev–Trinajstić information content (AvgIpc) is 3.10. The molecule has 0 unspecified atom stereocenters. The fraction of sp³-hybridized carbons (Fsp3) is 0.130. The minimum Gasteiger partial charge on any atom is -0.274 e. The quantitative estimate of drug-likeness (QED) is 0.422. The van der Waals surface area contributed by atoms with Crippen molar-refractivity contribution in [2.75, 3.05) is 0 Å². The Kier molecular flexibility index (Phi) is 5.35. The minimum absolute atomic E-state index is 0.758. The Hall–Kier alpha value is -2.85. The molecule has 1 heterocycles. The summed E-state index contributed by atoms with van der Waals surface area (Å²) < 4.78 is 2.17. The smallest absolute Gasteiger partial charge is 0.196 e. The van der Waals surface area contributed by atoms with E-state index in [1.807, 2.05) is 12.1 Å². The van der Waals surface area contributed by atoms with Crippen LogP contribution < -0.4 is 0 Å². The molecule has 0 bridgehead atoms. The zero-order valence-electron chi connectivity index (χ0n) is 15.2. The predicted molar refractivity (Wildman–Crippen MR) is 111 cm³/mol. The van der Waals surface area contributed by atoms with E-state index in [0.717, 1.165) is 28.8 Å². The van der Waals surface area contributed by atoms with Crippen LogP contribution >= 0.6 is 11.8 Å². The molecule has 0 aliphatic carbocycles. The minimum atomic E-state index is 0.758. The van der Waals surface area contributed by atoms with Gasteiger partial charge < -0.3 is 0 Å². The number of benzene rings is 3. The molecule has 4 heteroatoms. The molecule has 1 aromatic heterocycles. The molecule has 3 aromatic carbocycles. The Balaban J connectivity index is 1.65. The van der Waals surface area contributed by atoms with Crippen molar-refractivity contribution in [1.29, 1.82) is 0 Å². The van der Waals surface area contributed by atoms with Gasteiger partial charge in [-0.25, -0.2) is 0 Å². The van der Waals surface area contributed by atoms with Crippen molar-refractivity contribution in [3.05, 3.63) is 107 Å². The summed E-state index contributed by atoms with van der Waals surface area (Å²) in [5, 5.41) is 9.94. The lowest BCUT2D eigenvalue weighted by Crippen LogP contribution is -2.03. The topological polar surface area (TPSA) is 30.7 Å². The molecule has 0 fully saturated rings. The lowest BCUT2D eigenvalue weighted by molar-refractivity contribution is 0.847. The Morgan fingerprint density at radius 3 is 2.22 bits per heavy atom. The third-order valence-corrected chi connectivity index (χ3v) is 5.37. The summed E-state index contributed by atoms with van der Waals surface area (Å²) in [7, 11) is 0. The van der Waals surface area contributed by atoms with Gasteiger partial charge in [-0.05, 0) is 30.2 Å². The van der Waals surface area contributed by atoms with E-state index in [0.29, 0.717) is 0 Å². The van der Waals surface area contributed by atoms with E-state index >= 15 is 0 Å². The van der Waals surface area contributed by atoms with Crippen molar-refractivity contribution in [2.45, 2.75) is 24.3 Å². The maximum absolute atomic E-state index is 4.51. The van der Waals surface area contributed by atoms with Crippen LogP contribution in [0.1, 0.15) is 22.5 Å². The van der Waals surface area contributed by atoms with Crippen LogP contribution in [0.15, 0.2) is 90.1 Å². The van der Waals surface area contributed by atoms with E-state index < -0.39 is 0 Å². The van der Waals surface area contributed by atoms with Crippen molar-refractivity contribution >= 4 is 11.8 Å². The SMILES string of the molecule is Cc1cccc(CSc2nnc(Cc3ccccc3)n2-c2ccccc2)c1. The average molecular weight is 372 g/mol. The molecule has 4 rings (SSSR count). The molecule has 0 saturated carbocycles. The largest absolute Gasteiger partial charge is 0.274 e. The number of nitrogens with zero attached hydrogens (tertiary/aromatic N) is 3.